The SMILES string of the molecule is CCn1c(CN2CCC(N3CCOCC3)CC2)nc2c(N3CCOCC3)nc(Cl)nc21. The second-order valence-electron chi connectivity index (χ2n) is 8.52. The van der Waals surface area contributed by atoms with Crippen LogP contribution < -0.4 is 4.90 Å². The van der Waals surface area contributed by atoms with Gasteiger partial charge < -0.3 is 18.9 Å². The Morgan fingerprint density at radius 3 is 2.26 bits per heavy atom. The summed E-state index contributed by atoms with van der Waals surface area (Å²) in [6.45, 7) is 12.8. The lowest BCUT2D eigenvalue weighted by Gasteiger charge is -2.40. The maximum Gasteiger partial charge on any atom is 0.226 e. The number of imidazole rings is 1. The lowest BCUT2D eigenvalue weighted by molar-refractivity contribution is -0.0000296. The molecule has 0 atom stereocenters. The third-order valence-electron chi connectivity index (χ3n) is 6.74. The zero-order chi connectivity index (χ0) is 21.2. The lowest BCUT2D eigenvalue weighted by Crippen LogP contribution is -2.48. The maximum absolute atomic E-state index is 6.32. The molecule has 2 aromatic rings. The highest BCUT2D eigenvalue weighted by atomic mass is 35.5. The molecule has 5 rings (SSSR count). The van der Waals surface area contributed by atoms with Gasteiger partial charge in [-0.05, 0) is 31.4 Å². The van der Waals surface area contributed by atoms with Gasteiger partial charge in [0.2, 0.25) is 5.28 Å². The summed E-state index contributed by atoms with van der Waals surface area (Å²) in [5.41, 5.74) is 1.69. The molecule has 10 heteroatoms. The van der Waals surface area contributed by atoms with Gasteiger partial charge in [-0.2, -0.15) is 9.97 Å². The van der Waals surface area contributed by atoms with Gasteiger partial charge in [0.05, 0.1) is 33.0 Å². The summed E-state index contributed by atoms with van der Waals surface area (Å²) in [6, 6.07) is 0.683. The topological polar surface area (TPSA) is 71.8 Å². The Morgan fingerprint density at radius 2 is 1.58 bits per heavy atom. The van der Waals surface area contributed by atoms with E-state index in [4.69, 9.17) is 26.1 Å². The van der Waals surface area contributed by atoms with E-state index in [2.05, 4.69) is 36.2 Å². The van der Waals surface area contributed by atoms with Crippen molar-refractivity contribution < 1.29 is 9.47 Å². The van der Waals surface area contributed by atoms with Crippen molar-refractivity contribution in [2.45, 2.75) is 38.9 Å². The van der Waals surface area contributed by atoms with Crippen LogP contribution in [-0.4, -0.2) is 101 Å². The van der Waals surface area contributed by atoms with Crippen molar-refractivity contribution in [3.63, 3.8) is 0 Å². The van der Waals surface area contributed by atoms with Gasteiger partial charge in [-0.3, -0.25) is 9.80 Å². The average Bonchev–Trinajstić information content (AvgIpc) is 3.16. The molecule has 0 amide bonds. The van der Waals surface area contributed by atoms with E-state index in [1.165, 1.54) is 12.8 Å². The van der Waals surface area contributed by atoms with Crippen LogP contribution >= 0.6 is 11.6 Å². The van der Waals surface area contributed by atoms with Crippen LogP contribution in [0.1, 0.15) is 25.6 Å². The number of hydrogen-bond donors (Lipinski definition) is 0. The van der Waals surface area contributed by atoms with Gasteiger partial charge in [0.15, 0.2) is 17.0 Å². The van der Waals surface area contributed by atoms with Crippen LogP contribution in [0, 0.1) is 0 Å². The zero-order valence-electron chi connectivity index (χ0n) is 18.3. The molecule has 3 aliphatic heterocycles. The number of ether oxygens (including phenoxy) is 2. The van der Waals surface area contributed by atoms with Crippen LogP contribution in [0.2, 0.25) is 5.28 Å². The summed E-state index contributed by atoms with van der Waals surface area (Å²) in [5, 5.41) is 0.279. The highest BCUT2D eigenvalue weighted by molar-refractivity contribution is 6.28. The lowest BCUT2D eigenvalue weighted by atomic mass is 10.0. The van der Waals surface area contributed by atoms with E-state index in [1.54, 1.807) is 0 Å². The number of likely N-dealkylation sites (tertiary alicyclic amines) is 1. The molecule has 5 heterocycles. The van der Waals surface area contributed by atoms with Crippen molar-refractivity contribution in [1.82, 2.24) is 29.3 Å². The number of rotatable bonds is 5. The molecule has 0 saturated carbocycles. The number of piperidine rings is 1. The minimum absolute atomic E-state index is 0.279. The fraction of sp³-hybridized carbons (Fsp3) is 0.762. The molecule has 0 aliphatic carbocycles. The Hall–Kier alpha value is -1.52. The number of aryl methyl sites for hydroxylation is 1. The van der Waals surface area contributed by atoms with Gasteiger partial charge in [0.25, 0.3) is 0 Å². The number of halogens is 1. The van der Waals surface area contributed by atoms with Crippen LogP contribution in [-0.2, 0) is 22.6 Å². The molecule has 0 bridgehead atoms. The molecular weight excluding hydrogens is 418 g/mol. The summed E-state index contributed by atoms with van der Waals surface area (Å²) < 4.78 is 13.2. The van der Waals surface area contributed by atoms with Gasteiger partial charge in [-0.25, -0.2) is 4.98 Å². The first kappa shape index (κ1) is 21.3. The van der Waals surface area contributed by atoms with Gasteiger partial charge in [-0.1, -0.05) is 0 Å². The van der Waals surface area contributed by atoms with Crippen LogP contribution in [0.3, 0.4) is 0 Å². The van der Waals surface area contributed by atoms with E-state index in [-0.39, 0.29) is 5.28 Å². The van der Waals surface area contributed by atoms with Gasteiger partial charge in [0, 0.05) is 51.9 Å². The molecule has 9 nitrogen and oxygen atoms in total. The number of nitrogens with zero attached hydrogens (tertiary/aromatic N) is 7. The fourth-order valence-electron chi connectivity index (χ4n) is 5.04. The van der Waals surface area contributed by atoms with Crippen LogP contribution in [0.15, 0.2) is 0 Å². The Bertz CT molecular complexity index is 887. The quantitative estimate of drug-likeness (QED) is 0.638. The monoisotopic (exact) mass is 449 g/mol. The standard InChI is InChI=1S/C21H32ClN7O2/c1-2-29-17(15-26-5-3-16(4-6-26)27-7-11-30-12-8-27)23-18-19(24-21(22)25-20(18)29)28-9-13-31-14-10-28/h16H,2-15H2,1H3. The molecular formula is C21H32ClN7O2. The second-order valence-corrected chi connectivity index (χ2v) is 8.85. The van der Waals surface area contributed by atoms with Gasteiger partial charge in [0.1, 0.15) is 5.82 Å². The molecule has 0 aromatic carbocycles. The third kappa shape index (κ3) is 4.52. The smallest absolute Gasteiger partial charge is 0.226 e. The van der Waals surface area contributed by atoms with Crippen molar-refractivity contribution >= 4 is 28.6 Å². The van der Waals surface area contributed by atoms with E-state index in [0.29, 0.717) is 19.3 Å². The highest BCUT2D eigenvalue weighted by Gasteiger charge is 2.28. The number of anilines is 1. The molecule has 0 radical (unpaired) electrons. The van der Waals surface area contributed by atoms with E-state index < -0.39 is 0 Å². The van der Waals surface area contributed by atoms with Crippen LogP contribution in [0.25, 0.3) is 11.2 Å². The van der Waals surface area contributed by atoms with Crippen molar-refractivity contribution in [2.75, 3.05) is 70.6 Å². The highest BCUT2D eigenvalue weighted by Crippen LogP contribution is 2.28. The number of hydrogen-bond acceptors (Lipinski definition) is 8. The molecule has 170 valence electrons. The summed E-state index contributed by atoms with van der Waals surface area (Å²) in [6.07, 6.45) is 2.41. The van der Waals surface area contributed by atoms with Crippen LogP contribution in [0.5, 0.6) is 0 Å². The first-order valence-electron chi connectivity index (χ1n) is 11.5. The van der Waals surface area contributed by atoms with E-state index in [9.17, 15) is 0 Å². The Kier molecular flexibility index (Phi) is 6.56. The Labute approximate surface area is 188 Å². The van der Waals surface area contributed by atoms with Crippen LogP contribution in [0.4, 0.5) is 5.82 Å². The number of aromatic nitrogens is 4. The van der Waals surface area contributed by atoms with Gasteiger partial charge >= 0.3 is 0 Å². The summed E-state index contributed by atoms with van der Waals surface area (Å²) in [4.78, 5) is 21.5. The average molecular weight is 450 g/mol. The molecule has 0 spiro atoms. The van der Waals surface area contributed by atoms with Crippen molar-refractivity contribution in [1.29, 1.82) is 0 Å². The minimum Gasteiger partial charge on any atom is -0.379 e. The maximum atomic E-state index is 6.32. The first-order chi connectivity index (χ1) is 15.2. The molecule has 31 heavy (non-hydrogen) atoms. The van der Waals surface area contributed by atoms with Crippen molar-refractivity contribution in [3.8, 4) is 0 Å². The van der Waals surface area contributed by atoms with E-state index >= 15 is 0 Å². The van der Waals surface area contributed by atoms with E-state index in [0.717, 1.165) is 88.4 Å². The summed E-state index contributed by atoms with van der Waals surface area (Å²) in [7, 11) is 0. The summed E-state index contributed by atoms with van der Waals surface area (Å²) >= 11 is 6.32. The molecule has 0 N–H and O–H groups in total. The molecule has 0 unspecified atom stereocenters. The number of morpholine rings is 2. The first-order valence-corrected chi connectivity index (χ1v) is 11.9. The number of fused-ring (bicyclic) bond motifs is 1. The second kappa shape index (κ2) is 9.54. The fourth-order valence-corrected chi connectivity index (χ4v) is 5.20. The summed E-state index contributed by atoms with van der Waals surface area (Å²) in [5.74, 6) is 1.88. The van der Waals surface area contributed by atoms with Gasteiger partial charge in [-0.15, -0.1) is 0 Å². The molecule has 2 aromatic heterocycles. The molecule has 3 fully saturated rings. The van der Waals surface area contributed by atoms with E-state index in [1.807, 2.05) is 0 Å². The third-order valence-corrected chi connectivity index (χ3v) is 6.91. The van der Waals surface area contributed by atoms with Crippen molar-refractivity contribution in [2.24, 2.45) is 0 Å². The molecule has 3 aliphatic rings. The largest absolute Gasteiger partial charge is 0.379 e. The zero-order valence-corrected chi connectivity index (χ0v) is 19.1. The predicted molar refractivity (Wildman–Crippen MR) is 120 cm³/mol. The Balaban J connectivity index is 1.34. The predicted octanol–water partition coefficient (Wildman–Crippen LogP) is 1.63. The minimum atomic E-state index is 0.279. The normalized spacial score (nSPS) is 22.5. The Morgan fingerprint density at radius 1 is 0.903 bits per heavy atom. The molecule has 3 saturated heterocycles. The van der Waals surface area contributed by atoms with Crippen molar-refractivity contribution in [3.05, 3.63) is 11.1 Å².